The van der Waals surface area contributed by atoms with Crippen molar-refractivity contribution in [2.24, 2.45) is 0 Å². The van der Waals surface area contributed by atoms with Crippen molar-refractivity contribution in [1.29, 1.82) is 0 Å². The summed E-state index contributed by atoms with van der Waals surface area (Å²) < 4.78 is 69.2. The molecule has 36 heavy (non-hydrogen) atoms. The summed E-state index contributed by atoms with van der Waals surface area (Å²) >= 11 is 14.5. The number of benzene rings is 2. The number of thiazole rings is 1. The third kappa shape index (κ3) is 7.79. The highest BCUT2D eigenvalue weighted by Crippen LogP contribution is 2.48. The molecule has 2 aromatic carbocycles. The zero-order valence-electron chi connectivity index (χ0n) is 19.1. The molecule has 0 saturated carbocycles. The molecule has 0 bridgehead atoms. The summed E-state index contributed by atoms with van der Waals surface area (Å²) in [6.07, 6.45) is 1.56. The Morgan fingerprint density at radius 3 is 2.31 bits per heavy atom. The SMILES string of the molecule is CCNCC.O=S(=O)([O-])C[n+]1c(C=C2Sc3ccc(Cl)cc3N2CS(=O)(=O)O)sc2ccc(Cl)cc21. The largest absolute Gasteiger partial charge is 0.743 e. The van der Waals surface area contributed by atoms with Crippen molar-refractivity contribution < 1.29 is 30.5 Å². The number of nitrogens with zero attached hydrogens (tertiary/aromatic N) is 2. The van der Waals surface area contributed by atoms with E-state index in [1.165, 1.54) is 32.6 Å². The first-order valence-corrected chi connectivity index (χ1v) is 16.1. The van der Waals surface area contributed by atoms with Gasteiger partial charge in [0.2, 0.25) is 11.4 Å². The summed E-state index contributed by atoms with van der Waals surface area (Å²) in [5.74, 6) is -1.55. The number of hydrogen-bond acceptors (Lipinski definition) is 9. The van der Waals surface area contributed by atoms with Gasteiger partial charge in [-0.2, -0.15) is 13.0 Å². The second-order valence-corrected chi connectivity index (χ2v) is 13.3. The van der Waals surface area contributed by atoms with Crippen LogP contribution < -0.4 is 14.8 Å². The molecular formula is C21H23Cl2N3O6S4. The van der Waals surface area contributed by atoms with Crippen molar-refractivity contribution in [2.75, 3.05) is 23.9 Å². The average Bonchev–Trinajstić information content (AvgIpc) is 3.25. The van der Waals surface area contributed by atoms with Crippen LogP contribution in [-0.2, 0) is 26.1 Å². The van der Waals surface area contributed by atoms with Crippen LogP contribution in [0.3, 0.4) is 0 Å². The number of hydrogen-bond donors (Lipinski definition) is 2. The van der Waals surface area contributed by atoms with Crippen molar-refractivity contribution in [3.8, 4) is 0 Å². The molecule has 9 nitrogen and oxygen atoms in total. The van der Waals surface area contributed by atoms with Gasteiger partial charge in [-0.05, 0) is 43.4 Å². The highest BCUT2D eigenvalue weighted by molar-refractivity contribution is 8.04. The molecule has 0 fully saturated rings. The Labute approximate surface area is 228 Å². The molecule has 2 N–H and O–H groups in total. The number of anilines is 1. The normalized spacial score (nSPS) is 14.7. The minimum atomic E-state index is -4.64. The van der Waals surface area contributed by atoms with E-state index in [0.29, 0.717) is 40.9 Å². The highest BCUT2D eigenvalue weighted by Gasteiger charge is 2.31. The summed E-state index contributed by atoms with van der Waals surface area (Å²) in [6.45, 7) is 6.39. The fourth-order valence-electron chi connectivity index (χ4n) is 3.31. The lowest BCUT2D eigenvalue weighted by Crippen LogP contribution is -2.39. The summed E-state index contributed by atoms with van der Waals surface area (Å²) in [7, 11) is -9.03. The van der Waals surface area contributed by atoms with Gasteiger partial charge in [0.1, 0.15) is 4.70 Å². The van der Waals surface area contributed by atoms with Crippen molar-refractivity contribution in [3.63, 3.8) is 0 Å². The maximum Gasteiger partial charge on any atom is 0.283 e. The maximum atomic E-state index is 11.6. The number of aromatic nitrogens is 1. The first-order valence-electron chi connectivity index (χ1n) is 10.5. The van der Waals surface area contributed by atoms with E-state index in [2.05, 4.69) is 19.2 Å². The number of thioether (sulfide) groups is 1. The lowest BCUT2D eigenvalue weighted by molar-refractivity contribution is -0.649. The van der Waals surface area contributed by atoms with E-state index in [1.54, 1.807) is 42.5 Å². The van der Waals surface area contributed by atoms with E-state index in [-0.39, 0.29) is 0 Å². The van der Waals surface area contributed by atoms with Crippen LogP contribution in [-0.4, -0.2) is 44.9 Å². The predicted molar refractivity (Wildman–Crippen MR) is 145 cm³/mol. The number of fused-ring (bicyclic) bond motifs is 2. The fourth-order valence-corrected chi connectivity index (χ4v) is 7.23. The quantitative estimate of drug-likeness (QED) is 0.295. The zero-order valence-corrected chi connectivity index (χ0v) is 23.9. The molecule has 0 spiro atoms. The first kappa shape index (κ1) is 29.1. The van der Waals surface area contributed by atoms with E-state index in [0.717, 1.165) is 13.1 Å². The standard InChI is InChI=1S/C17H12Cl2N2O6S4.C4H11N/c18-10-1-3-14-12(5-10)20(8-30(22,23)24)16(28-14)7-17-21(9-31(25,26)27)13-6-11(19)2-4-15(13)29-17;1-3-5-4-2/h1-7H,8-9H2,(H-,22,23,24,25,26,27);5H,3-4H2,1-2H3. The average molecular weight is 613 g/mol. The molecule has 2 heterocycles. The summed E-state index contributed by atoms with van der Waals surface area (Å²) in [6, 6.07) is 9.81. The summed E-state index contributed by atoms with van der Waals surface area (Å²) in [4.78, 5) is 2.06. The molecule has 1 aliphatic heterocycles. The predicted octanol–water partition coefficient (Wildman–Crippen LogP) is 4.37. The van der Waals surface area contributed by atoms with Crippen LogP contribution in [0.1, 0.15) is 18.9 Å². The molecular weight excluding hydrogens is 589 g/mol. The summed E-state index contributed by atoms with van der Waals surface area (Å²) in [5, 5.41) is 4.65. The third-order valence-electron chi connectivity index (χ3n) is 4.71. The molecule has 3 aromatic rings. The van der Waals surface area contributed by atoms with Crippen LogP contribution in [0.2, 0.25) is 10.0 Å². The maximum absolute atomic E-state index is 11.6. The Kier molecular flexibility index (Phi) is 9.69. The highest BCUT2D eigenvalue weighted by atomic mass is 35.5. The van der Waals surface area contributed by atoms with Gasteiger partial charge >= 0.3 is 0 Å². The molecule has 15 heteroatoms. The molecule has 196 valence electrons. The van der Waals surface area contributed by atoms with Gasteiger partial charge in [0.25, 0.3) is 15.1 Å². The molecule has 0 atom stereocenters. The van der Waals surface area contributed by atoms with Crippen molar-refractivity contribution in [2.45, 2.75) is 24.6 Å². The molecule has 0 aliphatic carbocycles. The van der Waals surface area contributed by atoms with E-state index in [9.17, 15) is 25.9 Å². The minimum Gasteiger partial charge on any atom is -0.743 e. The molecule has 0 amide bonds. The van der Waals surface area contributed by atoms with Gasteiger partial charge in [0.15, 0.2) is 16.0 Å². The number of halogens is 2. The summed E-state index contributed by atoms with van der Waals surface area (Å²) in [5.41, 5.74) is 0.933. The van der Waals surface area contributed by atoms with Gasteiger partial charge < -0.3 is 14.8 Å². The third-order valence-corrected chi connectivity index (χ3v) is 8.57. The molecule has 0 unspecified atom stereocenters. The van der Waals surface area contributed by atoms with Crippen LogP contribution in [0.25, 0.3) is 16.3 Å². The van der Waals surface area contributed by atoms with Gasteiger partial charge in [-0.3, -0.25) is 4.55 Å². The molecule has 0 saturated heterocycles. The first-order chi connectivity index (χ1) is 16.8. The van der Waals surface area contributed by atoms with Crippen LogP contribution >= 0.6 is 46.3 Å². The topological polar surface area (TPSA) is 131 Å². The lowest BCUT2D eigenvalue weighted by Gasteiger charge is -2.18. The Balaban J connectivity index is 0.000000658. The minimum absolute atomic E-state index is 0.367. The molecule has 1 aliphatic rings. The Morgan fingerprint density at radius 1 is 1.08 bits per heavy atom. The Bertz CT molecular complexity index is 1510. The molecule has 4 rings (SSSR count). The van der Waals surface area contributed by atoms with Crippen LogP contribution in [0, 0.1) is 0 Å². The van der Waals surface area contributed by atoms with E-state index in [1.807, 2.05) is 0 Å². The van der Waals surface area contributed by atoms with Crippen molar-refractivity contribution >= 4 is 88.5 Å². The van der Waals surface area contributed by atoms with Crippen LogP contribution in [0.15, 0.2) is 46.3 Å². The molecule has 1 aromatic heterocycles. The van der Waals surface area contributed by atoms with Gasteiger partial charge in [0.05, 0.1) is 16.8 Å². The number of nitrogens with one attached hydrogen (secondary N) is 1. The van der Waals surface area contributed by atoms with Gasteiger partial charge in [-0.25, -0.2) is 8.42 Å². The monoisotopic (exact) mass is 611 g/mol. The fraction of sp³-hybridized carbons (Fsp3) is 0.286. The second-order valence-electron chi connectivity index (χ2n) is 7.46. The Morgan fingerprint density at radius 2 is 1.72 bits per heavy atom. The second kappa shape index (κ2) is 12.0. The van der Waals surface area contributed by atoms with Gasteiger partial charge in [0, 0.05) is 21.0 Å². The van der Waals surface area contributed by atoms with Crippen LogP contribution in [0.4, 0.5) is 5.69 Å². The van der Waals surface area contributed by atoms with E-state index >= 15 is 0 Å². The van der Waals surface area contributed by atoms with E-state index in [4.69, 9.17) is 23.2 Å². The van der Waals surface area contributed by atoms with Crippen molar-refractivity contribution in [1.82, 2.24) is 5.32 Å². The van der Waals surface area contributed by atoms with Crippen molar-refractivity contribution in [3.05, 3.63) is 56.5 Å². The van der Waals surface area contributed by atoms with Gasteiger partial charge in [-0.1, -0.05) is 60.1 Å². The van der Waals surface area contributed by atoms with Gasteiger partial charge in [-0.15, -0.1) is 0 Å². The Hall–Kier alpha value is -1.42. The van der Waals surface area contributed by atoms with E-state index < -0.39 is 32.0 Å². The zero-order chi connectivity index (χ0) is 26.7. The molecule has 0 radical (unpaired) electrons. The van der Waals surface area contributed by atoms with Crippen LogP contribution in [0.5, 0.6) is 0 Å². The number of rotatable bonds is 7. The smallest absolute Gasteiger partial charge is 0.283 e. The lowest BCUT2D eigenvalue weighted by atomic mass is 10.3.